The van der Waals surface area contributed by atoms with Crippen molar-refractivity contribution in [1.29, 1.82) is 0 Å². The summed E-state index contributed by atoms with van der Waals surface area (Å²) in [6, 6.07) is 69.0. The van der Waals surface area contributed by atoms with Gasteiger partial charge >= 0.3 is 0 Å². The molecule has 2 unspecified atom stereocenters. The van der Waals surface area contributed by atoms with E-state index in [0.29, 0.717) is 5.95 Å². The Morgan fingerprint density at radius 2 is 0.930 bits per heavy atom. The van der Waals surface area contributed by atoms with E-state index < -0.39 is 0 Å². The lowest BCUT2D eigenvalue weighted by molar-refractivity contribution is -0.416. The first kappa shape index (κ1) is 35.3. The Kier molecular flexibility index (Phi) is 9.99. The van der Waals surface area contributed by atoms with E-state index in [2.05, 4.69) is 156 Å². The molecule has 1 aliphatic heterocycles. The lowest BCUT2D eigenvalue weighted by atomic mass is 9.96. The average molecular weight is 738 g/mol. The highest BCUT2D eigenvalue weighted by Gasteiger charge is 2.20. The third kappa shape index (κ3) is 8.03. The quantitative estimate of drug-likeness (QED) is 0.122. The molecule has 0 saturated carbocycles. The van der Waals surface area contributed by atoms with E-state index in [1.807, 2.05) is 66.7 Å². The van der Waals surface area contributed by atoms with Crippen molar-refractivity contribution in [3.8, 4) is 44.8 Å². The van der Waals surface area contributed by atoms with Crippen LogP contribution in [0.3, 0.4) is 0 Å². The van der Waals surface area contributed by atoms with Gasteiger partial charge in [-0.2, -0.15) is 0 Å². The number of rotatable bonds is 10. The predicted molar refractivity (Wildman–Crippen MR) is 233 cm³/mol. The molecule has 0 saturated heterocycles. The third-order valence-electron chi connectivity index (χ3n) is 10.2. The first-order valence-corrected chi connectivity index (χ1v) is 19.2. The SMILES string of the molecule is [NH3+]C(Nc1nc(-c2ccccc2)cc(-c2ccccc2)n1)c1ccc(-c2cccc(C3C=C(c4ccc(-c5ccccc5)cc4)NC(c4ccccc4)=N3)c2)cc1. The van der Waals surface area contributed by atoms with Gasteiger partial charge in [-0.1, -0.05) is 188 Å². The lowest BCUT2D eigenvalue weighted by Gasteiger charge is -2.24. The Balaban J connectivity index is 0.974. The molecule has 7 aromatic carbocycles. The lowest BCUT2D eigenvalue weighted by Crippen LogP contribution is -2.57. The summed E-state index contributed by atoms with van der Waals surface area (Å²) in [5.74, 6) is 1.38. The fraction of sp³-hybridized carbons (Fsp3) is 0.0392. The summed E-state index contributed by atoms with van der Waals surface area (Å²) in [6.45, 7) is 0. The Bertz CT molecular complexity index is 2600. The van der Waals surface area contributed by atoms with Crippen LogP contribution in [0.4, 0.5) is 5.95 Å². The maximum atomic E-state index is 5.23. The molecule has 57 heavy (non-hydrogen) atoms. The number of hydrogen-bond acceptors (Lipinski definition) is 5. The highest BCUT2D eigenvalue weighted by molar-refractivity contribution is 6.05. The van der Waals surface area contributed by atoms with Crippen LogP contribution in [-0.4, -0.2) is 15.8 Å². The fourth-order valence-electron chi connectivity index (χ4n) is 7.17. The number of anilines is 1. The summed E-state index contributed by atoms with van der Waals surface area (Å²) in [7, 11) is 0. The van der Waals surface area contributed by atoms with Gasteiger partial charge in [-0.05, 0) is 51.6 Å². The number of amidine groups is 1. The van der Waals surface area contributed by atoms with E-state index in [1.165, 1.54) is 11.1 Å². The Morgan fingerprint density at radius 1 is 0.456 bits per heavy atom. The van der Waals surface area contributed by atoms with Gasteiger partial charge in [-0.15, -0.1) is 0 Å². The topological polar surface area (TPSA) is 89.8 Å². The van der Waals surface area contributed by atoms with Crippen molar-refractivity contribution >= 4 is 17.5 Å². The Labute approximate surface area is 333 Å². The zero-order valence-electron chi connectivity index (χ0n) is 31.3. The van der Waals surface area contributed by atoms with Gasteiger partial charge in [-0.25, -0.2) is 9.97 Å². The second-order valence-corrected chi connectivity index (χ2v) is 14.1. The second-order valence-electron chi connectivity index (χ2n) is 14.1. The van der Waals surface area contributed by atoms with Crippen molar-refractivity contribution in [1.82, 2.24) is 15.3 Å². The maximum absolute atomic E-state index is 5.23. The van der Waals surface area contributed by atoms with Crippen molar-refractivity contribution in [2.24, 2.45) is 4.99 Å². The van der Waals surface area contributed by atoms with E-state index in [9.17, 15) is 0 Å². The number of aromatic nitrogens is 2. The van der Waals surface area contributed by atoms with Crippen LogP contribution in [0.25, 0.3) is 50.5 Å². The summed E-state index contributed by atoms with van der Waals surface area (Å²) in [5.41, 5.74) is 18.2. The first-order chi connectivity index (χ1) is 28.1. The fourth-order valence-corrected chi connectivity index (χ4v) is 7.17. The van der Waals surface area contributed by atoms with Crippen LogP contribution in [0.5, 0.6) is 0 Å². The molecule has 1 aliphatic rings. The van der Waals surface area contributed by atoms with Crippen LogP contribution in [0, 0.1) is 0 Å². The zero-order chi connectivity index (χ0) is 38.4. The van der Waals surface area contributed by atoms with Crippen LogP contribution in [-0.2, 0) is 0 Å². The van der Waals surface area contributed by atoms with Gasteiger partial charge in [0.05, 0.1) is 17.4 Å². The number of aliphatic imine (C=N–C) groups is 1. The molecule has 9 rings (SSSR count). The summed E-state index contributed by atoms with van der Waals surface area (Å²) in [6.07, 6.45) is 1.95. The molecule has 0 amide bonds. The van der Waals surface area contributed by atoms with Gasteiger partial charge in [0.15, 0.2) is 6.17 Å². The van der Waals surface area contributed by atoms with E-state index >= 15 is 0 Å². The number of nitrogens with zero attached hydrogens (tertiary/aromatic N) is 3. The Hall–Kier alpha value is -7.41. The van der Waals surface area contributed by atoms with Crippen molar-refractivity contribution in [3.05, 3.63) is 229 Å². The molecular weight excluding hydrogens is 697 g/mol. The first-order valence-electron chi connectivity index (χ1n) is 19.2. The molecule has 0 fully saturated rings. The van der Waals surface area contributed by atoms with Crippen LogP contribution in [0.2, 0.25) is 0 Å². The molecule has 5 N–H and O–H groups in total. The maximum Gasteiger partial charge on any atom is 0.228 e. The monoisotopic (exact) mass is 737 g/mol. The van der Waals surface area contributed by atoms with Gasteiger partial charge < -0.3 is 16.4 Å². The van der Waals surface area contributed by atoms with Gasteiger partial charge in [0, 0.05) is 28.0 Å². The van der Waals surface area contributed by atoms with Crippen molar-refractivity contribution in [2.75, 3.05) is 5.32 Å². The minimum Gasteiger partial charge on any atom is -0.340 e. The molecule has 1 aromatic heterocycles. The minimum absolute atomic E-state index is 0.176. The molecule has 0 bridgehead atoms. The molecule has 274 valence electrons. The van der Waals surface area contributed by atoms with Gasteiger partial charge in [0.25, 0.3) is 0 Å². The smallest absolute Gasteiger partial charge is 0.228 e. The van der Waals surface area contributed by atoms with E-state index in [0.717, 1.165) is 67.4 Å². The predicted octanol–water partition coefficient (Wildman–Crippen LogP) is 10.6. The highest BCUT2D eigenvalue weighted by Crippen LogP contribution is 2.33. The van der Waals surface area contributed by atoms with Crippen LogP contribution < -0.4 is 16.4 Å². The number of hydrogen-bond donors (Lipinski definition) is 3. The average Bonchev–Trinajstić information content (AvgIpc) is 3.30. The molecule has 2 heterocycles. The van der Waals surface area contributed by atoms with Gasteiger partial charge in [0.2, 0.25) is 5.95 Å². The second kappa shape index (κ2) is 16.1. The van der Waals surface area contributed by atoms with E-state index in [1.54, 1.807) is 0 Å². The van der Waals surface area contributed by atoms with Crippen molar-refractivity contribution in [3.63, 3.8) is 0 Å². The van der Waals surface area contributed by atoms with Crippen molar-refractivity contribution in [2.45, 2.75) is 12.2 Å². The largest absolute Gasteiger partial charge is 0.340 e. The van der Waals surface area contributed by atoms with E-state index in [4.69, 9.17) is 15.0 Å². The van der Waals surface area contributed by atoms with Gasteiger partial charge in [-0.3, -0.25) is 4.99 Å². The molecule has 0 radical (unpaired) electrons. The summed E-state index contributed by atoms with van der Waals surface area (Å²) in [4.78, 5) is 15.0. The van der Waals surface area contributed by atoms with Crippen LogP contribution in [0.15, 0.2) is 211 Å². The molecular formula is C51H41N6+. The van der Waals surface area contributed by atoms with Crippen molar-refractivity contribution < 1.29 is 5.73 Å². The molecule has 2 atom stereocenters. The summed E-state index contributed by atoms with van der Waals surface area (Å²) < 4.78 is 0. The third-order valence-corrected chi connectivity index (χ3v) is 10.2. The molecule has 0 aliphatic carbocycles. The highest BCUT2D eigenvalue weighted by atomic mass is 15.2. The molecule has 6 heteroatoms. The van der Waals surface area contributed by atoms with Crippen LogP contribution >= 0.6 is 0 Å². The summed E-state index contributed by atoms with van der Waals surface area (Å²) in [5, 5.41) is 7.11. The number of nitrogens with one attached hydrogen (secondary N) is 2. The minimum atomic E-state index is -0.272. The molecule has 6 nitrogen and oxygen atoms in total. The van der Waals surface area contributed by atoms with Crippen LogP contribution in [0.1, 0.15) is 34.5 Å². The number of benzene rings is 7. The number of quaternary nitrogens is 1. The molecule has 0 spiro atoms. The zero-order valence-corrected chi connectivity index (χ0v) is 31.3. The van der Waals surface area contributed by atoms with Gasteiger partial charge in [0.1, 0.15) is 5.84 Å². The molecule has 8 aromatic rings. The standard InChI is InChI=1S/C51H40N6/c52-49(57-51-55-46(38-16-7-2-8-17-38)34-47(56-51)39-18-9-3-10-19-39)41-30-26-37(27-31-41)43-22-13-23-44(32-43)48-33-45(53-50(54-48)42-20-11-4-12-21-42)40-28-24-36(25-29-40)35-14-5-1-6-15-35/h1-34,48-49H,52H2,(H,53,54)(H,55,56,57)/p+1. The summed E-state index contributed by atoms with van der Waals surface area (Å²) >= 11 is 0. The Morgan fingerprint density at radius 3 is 1.53 bits per heavy atom. The van der Waals surface area contributed by atoms with E-state index in [-0.39, 0.29) is 12.2 Å². The normalized spacial score (nSPS) is 14.2.